The van der Waals surface area contributed by atoms with Crippen molar-refractivity contribution in [2.45, 2.75) is 31.6 Å². The second-order valence-corrected chi connectivity index (χ2v) is 9.49. The van der Waals surface area contributed by atoms with E-state index in [9.17, 15) is 22.4 Å². The summed E-state index contributed by atoms with van der Waals surface area (Å²) in [7, 11) is 0. The molecule has 1 N–H and O–H groups in total. The summed E-state index contributed by atoms with van der Waals surface area (Å²) in [6.07, 6.45) is -4.85. The average molecular weight is 522 g/mol. The SMILES string of the molecule is Cc1ccc([C@H]2C[C@@H](C(F)(F)F)n3nc(C(=O)N4CCN(c5ccc(F)cc5)CC4)c(Cl)c3N2)cc1. The van der Waals surface area contributed by atoms with Gasteiger partial charge >= 0.3 is 6.18 Å². The van der Waals surface area contributed by atoms with Gasteiger partial charge in [-0.15, -0.1) is 0 Å². The number of fused-ring (bicyclic) bond motifs is 1. The number of aryl methyl sites for hydroxylation is 1. The largest absolute Gasteiger partial charge is 0.410 e. The van der Waals surface area contributed by atoms with Crippen LogP contribution in [0.3, 0.4) is 0 Å². The number of carbonyl (C=O) groups is 1. The maximum Gasteiger partial charge on any atom is 0.410 e. The number of halogens is 5. The second-order valence-electron chi connectivity index (χ2n) is 9.11. The van der Waals surface area contributed by atoms with Crippen LogP contribution >= 0.6 is 11.6 Å². The van der Waals surface area contributed by atoms with Gasteiger partial charge in [-0.1, -0.05) is 41.4 Å². The number of nitrogens with zero attached hydrogens (tertiary/aromatic N) is 4. The van der Waals surface area contributed by atoms with Crippen LogP contribution < -0.4 is 10.2 Å². The molecule has 190 valence electrons. The molecule has 1 fully saturated rings. The number of aromatic nitrogens is 2. The number of benzene rings is 2. The molecule has 2 aliphatic heterocycles. The molecule has 5 rings (SSSR count). The normalized spacial score (nSPS) is 20.2. The van der Waals surface area contributed by atoms with E-state index in [-0.39, 0.29) is 28.8 Å². The van der Waals surface area contributed by atoms with Gasteiger partial charge in [-0.3, -0.25) is 4.79 Å². The maximum atomic E-state index is 14.0. The molecule has 1 amide bonds. The minimum atomic E-state index is -4.57. The van der Waals surface area contributed by atoms with Crippen molar-refractivity contribution in [2.75, 3.05) is 36.4 Å². The summed E-state index contributed by atoms with van der Waals surface area (Å²) in [6, 6.07) is 10.8. The van der Waals surface area contributed by atoms with Crippen LogP contribution in [0.1, 0.15) is 40.1 Å². The van der Waals surface area contributed by atoms with Crippen LogP contribution in [-0.4, -0.2) is 52.9 Å². The van der Waals surface area contributed by atoms with Gasteiger partial charge in [0.2, 0.25) is 0 Å². The van der Waals surface area contributed by atoms with Crippen molar-refractivity contribution < 1.29 is 22.4 Å². The Bertz CT molecular complexity index is 1250. The van der Waals surface area contributed by atoms with E-state index in [1.807, 2.05) is 24.0 Å². The molecule has 11 heteroatoms. The smallest absolute Gasteiger partial charge is 0.368 e. The van der Waals surface area contributed by atoms with E-state index >= 15 is 0 Å². The summed E-state index contributed by atoms with van der Waals surface area (Å²) >= 11 is 6.48. The van der Waals surface area contributed by atoms with Crippen LogP contribution in [0.4, 0.5) is 29.1 Å². The van der Waals surface area contributed by atoms with Crippen molar-refractivity contribution in [3.05, 3.63) is 76.2 Å². The molecule has 2 aliphatic rings. The number of hydrogen-bond acceptors (Lipinski definition) is 4. The molecule has 36 heavy (non-hydrogen) atoms. The van der Waals surface area contributed by atoms with Gasteiger partial charge in [0.05, 0.1) is 6.04 Å². The first-order chi connectivity index (χ1) is 17.1. The number of alkyl halides is 3. The third-order valence-corrected chi connectivity index (χ3v) is 7.09. The van der Waals surface area contributed by atoms with E-state index in [0.29, 0.717) is 31.7 Å². The monoisotopic (exact) mass is 521 g/mol. The summed E-state index contributed by atoms with van der Waals surface area (Å²) in [5, 5.41) is 7.01. The standard InChI is InChI=1S/C25H24ClF4N5O/c1-15-2-4-16(5-3-15)19-14-20(25(28,29)30)35-23(31-19)21(26)22(32-35)24(36)34-12-10-33(11-13-34)18-8-6-17(27)7-9-18/h2-9,19-20,31H,10-14H2,1H3/t19-,20+/m1/s1. The molecule has 0 spiro atoms. The van der Waals surface area contributed by atoms with Gasteiger partial charge in [-0.05, 0) is 36.8 Å². The van der Waals surface area contributed by atoms with Crippen molar-refractivity contribution >= 4 is 29.0 Å². The summed E-state index contributed by atoms with van der Waals surface area (Å²) in [4.78, 5) is 16.8. The molecule has 1 aromatic heterocycles. The van der Waals surface area contributed by atoms with Gasteiger partial charge in [0.1, 0.15) is 16.7 Å². The van der Waals surface area contributed by atoms with Crippen LogP contribution in [0.5, 0.6) is 0 Å². The van der Waals surface area contributed by atoms with Crippen molar-refractivity contribution in [3.8, 4) is 0 Å². The van der Waals surface area contributed by atoms with Crippen LogP contribution in [0, 0.1) is 12.7 Å². The number of nitrogens with one attached hydrogen (secondary N) is 1. The third kappa shape index (κ3) is 4.61. The van der Waals surface area contributed by atoms with Gasteiger partial charge in [0, 0.05) is 38.3 Å². The van der Waals surface area contributed by atoms with Crippen LogP contribution in [0.2, 0.25) is 5.02 Å². The molecule has 6 nitrogen and oxygen atoms in total. The fourth-order valence-electron chi connectivity index (χ4n) is 4.71. The average Bonchev–Trinajstić information content (AvgIpc) is 3.19. The quantitative estimate of drug-likeness (QED) is 0.455. The highest BCUT2D eigenvalue weighted by Gasteiger charge is 2.48. The van der Waals surface area contributed by atoms with Crippen molar-refractivity contribution in [2.24, 2.45) is 0 Å². The third-order valence-electron chi connectivity index (χ3n) is 6.74. The number of rotatable bonds is 3. The lowest BCUT2D eigenvalue weighted by atomic mass is 9.96. The highest BCUT2D eigenvalue weighted by Crippen LogP contribution is 2.46. The molecular formula is C25H24ClF4N5O. The lowest BCUT2D eigenvalue weighted by Crippen LogP contribution is -2.49. The molecule has 0 unspecified atom stereocenters. The summed E-state index contributed by atoms with van der Waals surface area (Å²) in [6.45, 7) is 3.54. The van der Waals surface area contributed by atoms with Crippen molar-refractivity contribution in [1.82, 2.24) is 14.7 Å². The highest BCUT2D eigenvalue weighted by atomic mass is 35.5. The Balaban J connectivity index is 1.38. The van der Waals surface area contributed by atoms with Gasteiger partial charge in [-0.25, -0.2) is 9.07 Å². The zero-order valence-corrected chi connectivity index (χ0v) is 20.2. The molecule has 3 heterocycles. The van der Waals surface area contributed by atoms with Crippen LogP contribution in [-0.2, 0) is 0 Å². The predicted octanol–water partition coefficient (Wildman–Crippen LogP) is 5.61. The highest BCUT2D eigenvalue weighted by molar-refractivity contribution is 6.36. The number of carbonyl (C=O) groups excluding carboxylic acids is 1. The summed E-state index contributed by atoms with van der Waals surface area (Å²) in [5.41, 5.74) is 2.33. The van der Waals surface area contributed by atoms with E-state index < -0.39 is 24.2 Å². The van der Waals surface area contributed by atoms with Gasteiger partial charge in [0.15, 0.2) is 11.7 Å². The first kappa shape index (κ1) is 24.4. The molecule has 2 aromatic carbocycles. The number of amides is 1. The van der Waals surface area contributed by atoms with Crippen LogP contribution in [0.15, 0.2) is 48.5 Å². The van der Waals surface area contributed by atoms with Gasteiger partial charge in [-0.2, -0.15) is 18.3 Å². The van der Waals surface area contributed by atoms with Gasteiger partial charge in [0.25, 0.3) is 5.91 Å². The van der Waals surface area contributed by atoms with E-state index in [4.69, 9.17) is 11.6 Å². The zero-order valence-electron chi connectivity index (χ0n) is 19.4. The zero-order chi connectivity index (χ0) is 25.6. The first-order valence-corrected chi connectivity index (χ1v) is 12.0. The second kappa shape index (κ2) is 9.31. The Labute approximate surface area is 210 Å². The number of piperazine rings is 1. The van der Waals surface area contributed by atoms with Crippen molar-refractivity contribution in [3.63, 3.8) is 0 Å². The Kier molecular flexibility index (Phi) is 6.32. The summed E-state index contributed by atoms with van der Waals surface area (Å²) < 4.78 is 56.1. The van der Waals surface area contributed by atoms with E-state index in [1.165, 1.54) is 17.0 Å². The first-order valence-electron chi connectivity index (χ1n) is 11.6. The van der Waals surface area contributed by atoms with E-state index in [1.54, 1.807) is 24.3 Å². The molecule has 0 saturated carbocycles. The topological polar surface area (TPSA) is 53.4 Å². The van der Waals surface area contributed by atoms with Gasteiger partial charge < -0.3 is 15.1 Å². The molecule has 2 atom stereocenters. The van der Waals surface area contributed by atoms with Crippen LogP contribution in [0.25, 0.3) is 0 Å². The lowest BCUT2D eigenvalue weighted by Gasteiger charge is -2.35. The molecule has 0 bridgehead atoms. The fraction of sp³-hybridized carbons (Fsp3) is 0.360. The minimum Gasteiger partial charge on any atom is -0.368 e. The molecule has 0 radical (unpaired) electrons. The fourth-order valence-corrected chi connectivity index (χ4v) is 4.97. The minimum absolute atomic E-state index is 0.0101. The number of anilines is 2. The summed E-state index contributed by atoms with van der Waals surface area (Å²) in [5.74, 6) is -0.860. The Hall–Kier alpha value is -3.27. The Morgan fingerprint density at radius 3 is 2.28 bits per heavy atom. The molecule has 3 aromatic rings. The Morgan fingerprint density at radius 1 is 1.03 bits per heavy atom. The van der Waals surface area contributed by atoms with E-state index in [0.717, 1.165) is 15.9 Å². The van der Waals surface area contributed by atoms with Crippen molar-refractivity contribution in [1.29, 1.82) is 0 Å². The van der Waals surface area contributed by atoms with E-state index in [2.05, 4.69) is 10.4 Å². The molecular weight excluding hydrogens is 498 g/mol. The lowest BCUT2D eigenvalue weighted by molar-refractivity contribution is -0.173. The maximum absolute atomic E-state index is 14.0. The number of hydrogen-bond donors (Lipinski definition) is 1. The molecule has 1 saturated heterocycles. The predicted molar refractivity (Wildman–Crippen MR) is 129 cm³/mol. The molecule has 0 aliphatic carbocycles. The Morgan fingerprint density at radius 2 is 1.67 bits per heavy atom.